The lowest BCUT2D eigenvalue weighted by Gasteiger charge is -2.05. The van der Waals surface area contributed by atoms with E-state index in [1.807, 2.05) is 12.1 Å². The maximum absolute atomic E-state index is 13.3. The molecule has 0 amide bonds. The van der Waals surface area contributed by atoms with Gasteiger partial charge in [-0.3, -0.25) is 0 Å². The van der Waals surface area contributed by atoms with Crippen LogP contribution in [0.15, 0.2) is 48.5 Å². The molecule has 0 atom stereocenters. The van der Waals surface area contributed by atoms with Gasteiger partial charge in [-0.2, -0.15) is 0 Å². The zero-order valence-corrected chi connectivity index (χ0v) is 14.9. The second-order valence-corrected chi connectivity index (χ2v) is 7.33. The standard InChI is InChI=1S/C19H15Cl2FS/c1-2-12-3-6-16(20)14(9-12)10-15-5-8-19(23-15)13-4-7-18(22)17(21)11-13/h3-9,11H,2,10H2,1H3. The number of hydrogen-bond donors (Lipinski definition) is 0. The number of benzene rings is 2. The third-order valence-electron chi connectivity index (χ3n) is 3.75. The Morgan fingerprint density at radius 2 is 1.78 bits per heavy atom. The van der Waals surface area contributed by atoms with Gasteiger partial charge in [0.1, 0.15) is 5.82 Å². The predicted octanol–water partition coefficient (Wildman–Crippen LogP) is 7.01. The molecule has 1 aromatic heterocycles. The van der Waals surface area contributed by atoms with Crippen LogP contribution in [0.2, 0.25) is 10.0 Å². The first-order chi connectivity index (χ1) is 11.1. The average molecular weight is 365 g/mol. The van der Waals surface area contributed by atoms with Crippen LogP contribution in [0.3, 0.4) is 0 Å². The van der Waals surface area contributed by atoms with Gasteiger partial charge in [0.15, 0.2) is 0 Å². The molecule has 2 aromatic carbocycles. The summed E-state index contributed by atoms with van der Waals surface area (Å²) in [7, 11) is 0. The van der Waals surface area contributed by atoms with Gasteiger partial charge >= 0.3 is 0 Å². The van der Waals surface area contributed by atoms with Crippen molar-refractivity contribution in [1.82, 2.24) is 0 Å². The van der Waals surface area contributed by atoms with Crippen molar-refractivity contribution in [1.29, 1.82) is 0 Å². The first-order valence-electron chi connectivity index (χ1n) is 7.38. The summed E-state index contributed by atoms with van der Waals surface area (Å²) in [6, 6.07) is 15.1. The van der Waals surface area contributed by atoms with Crippen LogP contribution in [0.5, 0.6) is 0 Å². The van der Waals surface area contributed by atoms with E-state index >= 15 is 0 Å². The Balaban J connectivity index is 1.86. The maximum atomic E-state index is 13.3. The SMILES string of the molecule is CCc1ccc(Cl)c(Cc2ccc(-c3ccc(F)c(Cl)c3)s2)c1. The minimum absolute atomic E-state index is 0.149. The lowest BCUT2D eigenvalue weighted by atomic mass is 10.1. The number of hydrogen-bond acceptors (Lipinski definition) is 1. The molecule has 3 rings (SSSR count). The number of thiophene rings is 1. The summed E-state index contributed by atoms with van der Waals surface area (Å²) < 4.78 is 13.3. The van der Waals surface area contributed by atoms with Gasteiger partial charge in [0.05, 0.1) is 5.02 Å². The van der Waals surface area contributed by atoms with E-state index in [-0.39, 0.29) is 5.02 Å². The first-order valence-corrected chi connectivity index (χ1v) is 8.95. The molecule has 23 heavy (non-hydrogen) atoms. The topological polar surface area (TPSA) is 0 Å². The van der Waals surface area contributed by atoms with Gasteiger partial charge in [-0.15, -0.1) is 11.3 Å². The van der Waals surface area contributed by atoms with E-state index in [0.29, 0.717) is 0 Å². The van der Waals surface area contributed by atoms with Crippen molar-refractivity contribution in [3.05, 3.63) is 80.4 Å². The Morgan fingerprint density at radius 1 is 0.957 bits per heavy atom. The Morgan fingerprint density at radius 3 is 2.52 bits per heavy atom. The van der Waals surface area contributed by atoms with E-state index in [1.54, 1.807) is 23.5 Å². The van der Waals surface area contributed by atoms with Gasteiger partial charge in [0.25, 0.3) is 0 Å². The number of aryl methyl sites for hydroxylation is 1. The third-order valence-corrected chi connectivity index (χ3v) is 5.54. The summed E-state index contributed by atoms with van der Waals surface area (Å²) in [4.78, 5) is 2.29. The number of rotatable bonds is 4. The van der Waals surface area contributed by atoms with Gasteiger partial charge in [-0.05, 0) is 53.4 Å². The molecule has 0 aliphatic carbocycles. The summed E-state index contributed by atoms with van der Waals surface area (Å²) in [5.74, 6) is -0.393. The fourth-order valence-electron chi connectivity index (χ4n) is 2.45. The first kappa shape index (κ1) is 16.5. The van der Waals surface area contributed by atoms with E-state index in [9.17, 15) is 4.39 Å². The van der Waals surface area contributed by atoms with Crippen molar-refractivity contribution < 1.29 is 4.39 Å². The molecule has 0 unspecified atom stereocenters. The smallest absolute Gasteiger partial charge is 0.141 e. The summed E-state index contributed by atoms with van der Waals surface area (Å²) >= 11 is 13.9. The number of halogens is 3. The van der Waals surface area contributed by atoms with Gasteiger partial charge in [-0.1, -0.05) is 48.3 Å². The average Bonchev–Trinajstić information content (AvgIpc) is 3.01. The lowest BCUT2D eigenvalue weighted by Crippen LogP contribution is -1.89. The zero-order chi connectivity index (χ0) is 16.4. The van der Waals surface area contributed by atoms with Crippen LogP contribution < -0.4 is 0 Å². The predicted molar refractivity (Wildman–Crippen MR) is 98.4 cm³/mol. The lowest BCUT2D eigenvalue weighted by molar-refractivity contribution is 0.628. The molecule has 0 fully saturated rings. The fraction of sp³-hybridized carbons (Fsp3) is 0.158. The van der Waals surface area contributed by atoms with Crippen LogP contribution >= 0.6 is 34.5 Å². The monoisotopic (exact) mass is 364 g/mol. The van der Waals surface area contributed by atoms with Gasteiger partial charge in [0.2, 0.25) is 0 Å². The third kappa shape index (κ3) is 3.77. The molecule has 0 aliphatic heterocycles. The Kier molecular flexibility index (Phi) is 5.05. The van der Waals surface area contributed by atoms with Gasteiger partial charge in [0, 0.05) is 21.2 Å². The van der Waals surface area contributed by atoms with Crippen molar-refractivity contribution in [2.75, 3.05) is 0 Å². The molecule has 118 valence electrons. The molecule has 0 radical (unpaired) electrons. The van der Waals surface area contributed by atoms with Crippen molar-refractivity contribution in [2.45, 2.75) is 19.8 Å². The molecule has 4 heteroatoms. The van der Waals surface area contributed by atoms with Gasteiger partial charge in [-0.25, -0.2) is 4.39 Å². The van der Waals surface area contributed by atoms with Crippen LogP contribution in [0.1, 0.15) is 22.9 Å². The second kappa shape index (κ2) is 7.04. The highest BCUT2D eigenvalue weighted by Gasteiger charge is 2.09. The van der Waals surface area contributed by atoms with Gasteiger partial charge < -0.3 is 0 Å². The zero-order valence-electron chi connectivity index (χ0n) is 12.6. The fourth-order valence-corrected chi connectivity index (χ4v) is 3.84. The van der Waals surface area contributed by atoms with Crippen LogP contribution in [-0.2, 0) is 12.8 Å². The molecule has 0 bridgehead atoms. The quantitative estimate of drug-likeness (QED) is 0.466. The minimum Gasteiger partial charge on any atom is -0.205 e. The Labute approximate surface area is 149 Å². The molecule has 0 spiro atoms. The molecule has 0 N–H and O–H groups in total. The summed E-state index contributed by atoms with van der Waals surface area (Å²) in [6.45, 7) is 2.13. The Hall–Kier alpha value is -1.35. The molecular weight excluding hydrogens is 350 g/mol. The molecular formula is C19H15Cl2FS. The van der Waals surface area contributed by atoms with E-state index in [1.165, 1.54) is 16.5 Å². The van der Waals surface area contributed by atoms with E-state index in [2.05, 4.69) is 25.1 Å². The van der Waals surface area contributed by atoms with Crippen molar-refractivity contribution in [3.8, 4) is 10.4 Å². The molecule has 1 heterocycles. The summed E-state index contributed by atoms with van der Waals surface area (Å²) in [6.07, 6.45) is 1.79. The molecule has 0 aliphatic rings. The van der Waals surface area contributed by atoms with Crippen LogP contribution in [0.25, 0.3) is 10.4 Å². The van der Waals surface area contributed by atoms with Crippen LogP contribution in [0.4, 0.5) is 4.39 Å². The van der Waals surface area contributed by atoms with E-state index < -0.39 is 5.82 Å². The normalized spacial score (nSPS) is 11.0. The highest BCUT2D eigenvalue weighted by atomic mass is 35.5. The van der Waals surface area contributed by atoms with Crippen molar-refractivity contribution in [2.24, 2.45) is 0 Å². The summed E-state index contributed by atoms with van der Waals surface area (Å²) in [5.41, 5.74) is 3.35. The van der Waals surface area contributed by atoms with E-state index in [4.69, 9.17) is 23.2 Å². The Bertz CT molecular complexity index is 839. The van der Waals surface area contributed by atoms with E-state index in [0.717, 1.165) is 33.9 Å². The molecule has 0 nitrogen and oxygen atoms in total. The van der Waals surface area contributed by atoms with Crippen molar-refractivity contribution >= 4 is 34.5 Å². The maximum Gasteiger partial charge on any atom is 0.141 e. The largest absolute Gasteiger partial charge is 0.205 e. The van der Waals surface area contributed by atoms with Crippen molar-refractivity contribution in [3.63, 3.8) is 0 Å². The highest BCUT2D eigenvalue weighted by molar-refractivity contribution is 7.15. The summed E-state index contributed by atoms with van der Waals surface area (Å²) in [5, 5.41) is 0.943. The molecule has 3 aromatic rings. The molecule has 0 saturated carbocycles. The second-order valence-electron chi connectivity index (χ2n) is 5.35. The molecule has 0 saturated heterocycles. The van der Waals surface area contributed by atoms with Crippen LogP contribution in [0, 0.1) is 5.82 Å². The highest BCUT2D eigenvalue weighted by Crippen LogP contribution is 2.32. The minimum atomic E-state index is -0.393. The van der Waals surface area contributed by atoms with Crippen LogP contribution in [-0.4, -0.2) is 0 Å².